The van der Waals surface area contributed by atoms with E-state index < -0.39 is 5.97 Å². The molecule has 7 nitrogen and oxygen atoms in total. The fourth-order valence-electron chi connectivity index (χ4n) is 4.05. The molecule has 4 aromatic rings. The van der Waals surface area contributed by atoms with Gasteiger partial charge in [0.15, 0.2) is 0 Å². The van der Waals surface area contributed by atoms with Gasteiger partial charge in [0.1, 0.15) is 17.6 Å². The number of ether oxygens (including phenoxy) is 2. The summed E-state index contributed by atoms with van der Waals surface area (Å²) in [5, 5.41) is 13.7. The number of nitriles is 1. The normalized spacial score (nSPS) is 12.1. The number of carbonyl (C=O) groups is 1. The second-order valence-corrected chi connectivity index (χ2v) is 8.77. The largest absolute Gasteiger partial charge is 0.490 e. The molecule has 1 heterocycles. The number of allylic oxidation sites excluding steroid dienone is 1. The monoisotopic (exact) mass is 477 g/mol. The Labute approximate surface area is 208 Å². The Kier molecular flexibility index (Phi) is 6.09. The minimum Gasteiger partial charge on any atom is -0.490 e. The second-order valence-electron chi connectivity index (χ2n) is 8.77. The molecule has 0 aliphatic heterocycles. The summed E-state index contributed by atoms with van der Waals surface area (Å²) in [7, 11) is 0. The molecule has 5 rings (SSSR count). The van der Waals surface area contributed by atoms with Crippen molar-refractivity contribution in [3.8, 4) is 34.7 Å². The fraction of sp³-hybridized carbons (Fsp3) is 0.172. The van der Waals surface area contributed by atoms with E-state index in [1.54, 1.807) is 30.3 Å². The van der Waals surface area contributed by atoms with E-state index >= 15 is 0 Å². The number of carbonyl (C=O) groups excluding carboxylic acids is 1. The van der Waals surface area contributed by atoms with Gasteiger partial charge in [-0.25, -0.2) is 4.79 Å². The van der Waals surface area contributed by atoms with Gasteiger partial charge in [-0.3, -0.25) is 0 Å². The Bertz CT molecular complexity index is 1530. The molecule has 0 bridgehead atoms. The zero-order valence-electron chi connectivity index (χ0n) is 20.1. The molecule has 0 saturated heterocycles. The van der Waals surface area contributed by atoms with Crippen LogP contribution in [0.4, 0.5) is 0 Å². The van der Waals surface area contributed by atoms with Crippen molar-refractivity contribution >= 4 is 11.7 Å². The third-order valence-corrected chi connectivity index (χ3v) is 5.80. The zero-order chi connectivity index (χ0) is 25.2. The second kappa shape index (κ2) is 9.51. The molecule has 3 aromatic carbocycles. The van der Waals surface area contributed by atoms with Crippen LogP contribution in [0.3, 0.4) is 0 Å². The summed E-state index contributed by atoms with van der Waals surface area (Å²) in [6.45, 7) is 5.78. The van der Waals surface area contributed by atoms with Gasteiger partial charge in [-0.2, -0.15) is 10.2 Å². The molecule has 0 spiro atoms. The van der Waals surface area contributed by atoms with Crippen molar-refractivity contribution in [3.63, 3.8) is 0 Å². The van der Waals surface area contributed by atoms with Gasteiger partial charge in [0.2, 0.25) is 5.82 Å². The molecular formula is C29H23N3O4. The molecular weight excluding hydrogens is 454 g/mol. The number of aromatic nitrogens is 2. The Balaban J connectivity index is 1.40. The van der Waals surface area contributed by atoms with Gasteiger partial charge in [0.25, 0.3) is 5.89 Å². The Morgan fingerprint density at radius 1 is 1.08 bits per heavy atom. The van der Waals surface area contributed by atoms with Crippen LogP contribution in [-0.2, 0) is 11.2 Å². The number of benzene rings is 3. The van der Waals surface area contributed by atoms with Gasteiger partial charge < -0.3 is 14.0 Å². The molecule has 7 heteroatoms. The molecule has 0 unspecified atom stereocenters. The molecule has 0 fully saturated rings. The van der Waals surface area contributed by atoms with Crippen molar-refractivity contribution in [2.45, 2.75) is 33.3 Å². The molecule has 1 aliphatic carbocycles. The van der Waals surface area contributed by atoms with E-state index in [9.17, 15) is 10.1 Å². The van der Waals surface area contributed by atoms with Crippen LogP contribution >= 0.6 is 0 Å². The lowest BCUT2D eigenvalue weighted by Gasteiger charge is -2.11. The first kappa shape index (κ1) is 23.1. The van der Waals surface area contributed by atoms with Crippen molar-refractivity contribution in [2.75, 3.05) is 0 Å². The predicted molar refractivity (Wildman–Crippen MR) is 134 cm³/mol. The fourth-order valence-corrected chi connectivity index (χ4v) is 4.05. The van der Waals surface area contributed by atoms with Crippen molar-refractivity contribution in [3.05, 3.63) is 94.6 Å². The summed E-state index contributed by atoms with van der Waals surface area (Å²) in [5.74, 6) is 1.34. The highest BCUT2D eigenvalue weighted by atomic mass is 16.5. The molecule has 178 valence electrons. The van der Waals surface area contributed by atoms with Gasteiger partial charge in [0, 0.05) is 16.7 Å². The minimum atomic E-state index is -0.403. The topological polar surface area (TPSA) is 98.2 Å². The van der Waals surface area contributed by atoms with Crippen LogP contribution in [0, 0.1) is 18.3 Å². The molecule has 0 N–H and O–H groups in total. The number of aryl methyl sites for hydroxylation is 1. The summed E-state index contributed by atoms with van der Waals surface area (Å²) in [5.41, 5.74) is 5.16. The van der Waals surface area contributed by atoms with E-state index in [0.717, 1.165) is 22.3 Å². The van der Waals surface area contributed by atoms with Crippen LogP contribution in [0.2, 0.25) is 0 Å². The van der Waals surface area contributed by atoms with Crippen molar-refractivity contribution < 1.29 is 18.8 Å². The van der Waals surface area contributed by atoms with Gasteiger partial charge in [-0.15, -0.1) is 0 Å². The van der Waals surface area contributed by atoms with E-state index in [1.165, 1.54) is 0 Å². The van der Waals surface area contributed by atoms with Crippen molar-refractivity contribution in [2.24, 2.45) is 0 Å². The minimum absolute atomic E-state index is 0.0483. The standard InChI is InChI=1S/C29H23N3O4/c1-17(2)34-25-13-11-20(15-21(25)16-30)28-31-27(32-36-28)24-6-4-5-23-22(24)12-14-26(23)35-29(33)19-9-7-18(3)8-10-19/h4-11,13-15,17H,12H2,1-3H3. The number of nitrogens with zero attached hydrogens (tertiary/aromatic N) is 3. The first-order chi connectivity index (χ1) is 17.4. The molecule has 0 radical (unpaired) electrons. The summed E-state index contributed by atoms with van der Waals surface area (Å²) in [6.07, 6.45) is 2.41. The van der Waals surface area contributed by atoms with E-state index in [2.05, 4.69) is 16.2 Å². The molecule has 0 amide bonds. The van der Waals surface area contributed by atoms with Gasteiger partial charge in [-0.1, -0.05) is 41.1 Å². The lowest BCUT2D eigenvalue weighted by atomic mass is 10.0. The maximum absolute atomic E-state index is 12.6. The van der Waals surface area contributed by atoms with Gasteiger partial charge >= 0.3 is 5.97 Å². The van der Waals surface area contributed by atoms with E-state index in [1.807, 2.05) is 57.2 Å². The zero-order valence-corrected chi connectivity index (χ0v) is 20.1. The lowest BCUT2D eigenvalue weighted by molar-refractivity contribution is 0.0692. The van der Waals surface area contributed by atoms with Crippen molar-refractivity contribution in [1.29, 1.82) is 5.26 Å². The number of hydrogen-bond donors (Lipinski definition) is 0. The SMILES string of the molecule is Cc1ccc(C(=O)OC2=CCc3c2cccc3-c2noc(-c3ccc(OC(C)C)c(C#N)c3)n2)cc1. The third kappa shape index (κ3) is 4.49. The molecule has 36 heavy (non-hydrogen) atoms. The van der Waals surface area contributed by atoms with Crippen LogP contribution in [0.5, 0.6) is 5.75 Å². The Hall–Kier alpha value is -4.70. The Morgan fingerprint density at radius 3 is 2.61 bits per heavy atom. The molecule has 1 aromatic heterocycles. The molecule has 0 atom stereocenters. The van der Waals surface area contributed by atoms with Gasteiger partial charge in [0.05, 0.1) is 17.2 Å². The predicted octanol–water partition coefficient (Wildman–Crippen LogP) is 6.12. The number of esters is 1. The highest BCUT2D eigenvalue weighted by Gasteiger charge is 2.24. The van der Waals surface area contributed by atoms with E-state index in [-0.39, 0.29) is 6.10 Å². The average Bonchev–Trinajstić information content (AvgIpc) is 3.52. The maximum atomic E-state index is 12.6. The highest BCUT2D eigenvalue weighted by Crippen LogP contribution is 2.36. The molecule has 1 aliphatic rings. The van der Waals surface area contributed by atoms with Crippen LogP contribution < -0.4 is 4.74 Å². The highest BCUT2D eigenvalue weighted by molar-refractivity contribution is 5.94. The van der Waals surface area contributed by atoms with Crippen LogP contribution in [0.1, 0.15) is 46.5 Å². The van der Waals surface area contributed by atoms with Crippen LogP contribution in [-0.4, -0.2) is 22.2 Å². The van der Waals surface area contributed by atoms with E-state index in [0.29, 0.717) is 46.3 Å². The van der Waals surface area contributed by atoms with Crippen molar-refractivity contribution in [1.82, 2.24) is 10.1 Å². The maximum Gasteiger partial charge on any atom is 0.343 e. The molecule has 0 saturated carbocycles. The van der Waals surface area contributed by atoms with E-state index in [4.69, 9.17) is 14.0 Å². The van der Waals surface area contributed by atoms with Crippen LogP contribution in [0.25, 0.3) is 28.6 Å². The van der Waals surface area contributed by atoms with Gasteiger partial charge in [-0.05, 0) is 69.2 Å². The summed E-state index contributed by atoms with van der Waals surface area (Å²) < 4.78 is 16.9. The summed E-state index contributed by atoms with van der Waals surface area (Å²) in [6, 6.07) is 20.3. The quantitative estimate of drug-likeness (QED) is 0.308. The Morgan fingerprint density at radius 2 is 1.86 bits per heavy atom. The number of rotatable bonds is 6. The summed E-state index contributed by atoms with van der Waals surface area (Å²) >= 11 is 0. The summed E-state index contributed by atoms with van der Waals surface area (Å²) in [4.78, 5) is 17.2. The smallest absolute Gasteiger partial charge is 0.343 e. The lowest BCUT2D eigenvalue weighted by Crippen LogP contribution is -2.06. The average molecular weight is 478 g/mol. The number of hydrogen-bond acceptors (Lipinski definition) is 7. The first-order valence-corrected chi connectivity index (χ1v) is 11.6. The number of fused-ring (bicyclic) bond motifs is 1. The van der Waals surface area contributed by atoms with Crippen LogP contribution in [0.15, 0.2) is 71.3 Å². The first-order valence-electron chi connectivity index (χ1n) is 11.6. The third-order valence-electron chi connectivity index (χ3n) is 5.80.